The van der Waals surface area contributed by atoms with E-state index in [0.29, 0.717) is 6.42 Å². The number of nitrogen functional groups attached to an aromatic ring is 1. The topological polar surface area (TPSA) is 127 Å². The summed E-state index contributed by atoms with van der Waals surface area (Å²) < 4.78 is 26.9. The summed E-state index contributed by atoms with van der Waals surface area (Å²) in [4.78, 5) is 10.1. The van der Waals surface area contributed by atoms with Crippen molar-refractivity contribution in [2.45, 2.75) is 43.4 Å². The number of hydrogen-bond acceptors (Lipinski definition) is 7. The first kappa shape index (κ1) is 16.8. The standard InChI is InChI=1S/C10H18N4O4S2/c1-4-5-10(2,3)13-20(17,18)8-6-7(14(15)16)9(12-11)19-8/h6,12-13H,4-5,11H2,1-3H3. The number of hydrazine groups is 1. The summed E-state index contributed by atoms with van der Waals surface area (Å²) in [6, 6.07) is 1.00. The number of nitrogens with zero attached hydrogens (tertiary/aromatic N) is 1. The van der Waals surface area contributed by atoms with Crippen LogP contribution in [0.15, 0.2) is 10.3 Å². The van der Waals surface area contributed by atoms with Crippen LogP contribution in [0.5, 0.6) is 0 Å². The molecule has 1 aromatic rings. The van der Waals surface area contributed by atoms with Gasteiger partial charge in [-0.2, -0.15) is 0 Å². The van der Waals surface area contributed by atoms with Crippen molar-refractivity contribution in [2.24, 2.45) is 5.84 Å². The third-order valence-electron chi connectivity index (χ3n) is 2.57. The zero-order chi connectivity index (χ0) is 15.6. The minimum Gasteiger partial charge on any atom is -0.310 e. The highest BCUT2D eigenvalue weighted by Gasteiger charge is 2.30. The maximum Gasteiger partial charge on any atom is 0.306 e. The van der Waals surface area contributed by atoms with E-state index in [0.717, 1.165) is 23.8 Å². The first-order chi connectivity index (χ1) is 9.13. The zero-order valence-corrected chi connectivity index (χ0v) is 13.1. The van der Waals surface area contributed by atoms with E-state index in [-0.39, 0.29) is 14.9 Å². The third-order valence-corrected chi connectivity index (χ3v) is 5.80. The van der Waals surface area contributed by atoms with E-state index < -0.39 is 20.5 Å². The van der Waals surface area contributed by atoms with Crippen LogP contribution in [0, 0.1) is 10.1 Å². The highest BCUT2D eigenvalue weighted by atomic mass is 32.2. The first-order valence-electron chi connectivity index (χ1n) is 5.92. The minimum absolute atomic E-state index is 0.00340. The van der Waals surface area contributed by atoms with Gasteiger partial charge in [-0.3, -0.25) is 10.1 Å². The molecule has 10 heteroatoms. The molecule has 1 aromatic heterocycles. The molecule has 0 aromatic carbocycles. The molecule has 8 nitrogen and oxygen atoms in total. The maximum atomic E-state index is 12.2. The van der Waals surface area contributed by atoms with Gasteiger partial charge < -0.3 is 5.43 Å². The molecule has 4 N–H and O–H groups in total. The predicted octanol–water partition coefficient (Wildman–Crippen LogP) is 1.80. The lowest BCUT2D eigenvalue weighted by molar-refractivity contribution is -0.383. The molecule has 1 heterocycles. The molecule has 0 amide bonds. The molecule has 0 spiro atoms. The van der Waals surface area contributed by atoms with Crippen molar-refractivity contribution in [2.75, 3.05) is 5.43 Å². The van der Waals surface area contributed by atoms with E-state index >= 15 is 0 Å². The summed E-state index contributed by atoms with van der Waals surface area (Å²) in [5, 5.41) is 10.8. The van der Waals surface area contributed by atoms with E-state index in [1.165, 1.54) is 0 Å². The van der Waals surface area contributed by atoms with Crippen molar-refractivity contribution >= 4 is 32.0 Å². The molecule has 20 heavy (non-hydrogen) atoms. The molecule has 0 saturated heterocycles. The van der Waals surface area contributed by atoms with Gasteiger partial charge in [0.05, 0.1) is 4.92 Å². The van der Waals surface area contributed by atoms with Gasteiger partial charge in [-0.05, 0) is 20.3 Å². The Kier molecular flexibility index (Phi) is 5.08. The Morgan fingerprint density at radius 3 is 2.50 bits per heavy atom. The predicted molar refractivity (Wildman–Crippen MR) is 78.1 cm³/mol. The van der Waals surface area contributed by atoms with Gasteiger partial charge >= 0.3 is 5.69 Å². The molecular weight excluding hydrogens is 304 g/mol. The maximum absolute atomic E-state index is 12.2. The van der Waals surface area contributed by atoms with Gasteiger partial charge in [-0.1, -0.05) is 24.7 Å². The first-order valence-corrected chi connectivity index (χ1v) is 8.21. The number of rotatable bonds is 7. The molecule has 0 aliphatic heterocycles. The number of nitro groups is 1. The lowest BCUT2D eigenvalue weighted by Gasteiger charge is -2.24. The lowest BCUT2D eigenvalue weighted by atomic mass is 10.0. The Labute approximate surface area is 121 Å². The third kappa shape index (κ3) is 3.88. The molecule has 0 unspecified atom stereocenters. The number of sulfonamides is 1. The zero-order valence-electron chi connectivity index (χ0n) is 11.5. The number of anilines is 1. The van der Waals surface area contributed by atoms with Crippen LogP contribution in [0.4, 0.5) is 10.7 Å². The summed E-state index contributed by atoms with van der Waals surface area (Å²) in [6.07, 6.45) is 1.47. The van der Waals surface area contributed by atoms with Crippen LogP contribution in [0.3, 0.4) is 0 Å². The van der Waals surface area contributed by atoms with Crippen molar-refractivity contribution in [3.05, 3.63) is 16.2 Å². The highest BCUT2D eigenvalue weighted by Crippen LogP contribution is 2.36. The molecule has 0 bridgehead atoms. The van der Waals surface area contributed by atoms with E-state index in [1.54, 1.807) is 13.8 Å². The summed E-state index contributed by atoms with van der Waals surface area (Å²) in [7, 11) is -3.82. The number of nitrogens with two attached hydrogens (primary N) is 1. The second-order valence-corrected chi connectivity index (χ2v) is 7.88. The van der Waals surface area contributed by atoms with Gasteiger partial charge in [-0.25, -0.2) is 19.0 Å². The molecule has 0 aliphatic carbocycles. The SMILES string of the molecule is CCCC(C)(C)NS(=O)(=O)c1cc([N+](=O)[O-])c(NN)s1. The monoisotopic (exact) mass is 322 g/mol. The summed E-state index contributed by atoms with van der Waals surface area (Å²) in [6.45, 7) is 5.47. The number of nitrogens with one attached hydrogen (secondary N) is 2. The summed E-state index contributed by atoms with van der Waals surface area (Å²) >= 11 is 0.725. The van der Waals surface area contributed by atoms with E-state index in [9.17, 15) is 18.5 Å². The fraction of sp³-hybridized carbons (Fsp3) is 0.600. The van der Waals surface area contributed by atoms with E-state index in [1.807, 2.05) is 6.92 Å². The molecule has 1 rings (SSSR count). The van der Waals surface area contributed by atoms with E-state index in [4.69, 9.17) is 5.84 Å². The molecule has 0 radical (unpaired) electrons. The van der Waals surface area contributed by atoms with Crippen molar-refractivity contribution in [1.29, 1.82) is 0 Å². The van der Waals surface area contributed by atoms with Crippen molar-refractivity contribution in [3.63, 3.8) is 0 Å². The van der Waals surface area contributed by atoms with Crippen LogP contribution >= 0.6 is 11.3 Å². The van der Waals surface area contributed by atoms with Gasteiger partial charge in [0.15, 0.2) is 5.00 Å². The van der Waals surface area contributed by atoms with Crippen LogP contribution < -0.4 is 16.0 Å². The fourth-order valence-electron chi connectivity index (χ4n) is 1.82. The molecule has 0 aliphatic rings. The fourth-order valence-corrected chi connectivity index (χ4v) is 4.50. The van der Waals surface area contributed by atoms with Crippen molar-refractivity contribution in [3.8, 4) is 0 Å². The Bertz CT molecular complexity index is 594. The van der Waals surface area contributed by atoms with E-state index in [2.05, 4.69) is 10.1 Å². The Morgan fingerprint density at radius 2 is 2.10 bits per heavy atom. The molecular formula is C10H18N4O4S2. The average molecular weight is 322 g/mol. The molecule has 114 valence electrons. The Hall–Kier alpha value is -1.23. The second-order valence-electron chi connectivity index (χ2n) is 4.92. The largest absolute Gasteiger partial charge is 0.310 e. The molecule has 0 atom stereocenters. The summed E-state index contributed by atoms with van der Waals surface area (Å²) in [5.74, 6) is 5.16. The number of hydrogen-bond donors (Lipinski definition) is 3. The molecule has 0 fully saturated rings. The quantitative estimate of drug-likeness (QED) is 0.399. The second kappa shape index (κ2) is 6.04. The van der Waals surface area contributed by atoms with Crippen molar-refractivity contribution < 1.29 is 13.3 Å². The smallest absolute Gasteiger partial charge is 0.306 e. The van der Waals surface area contributed by atoms with Crippen LogP contribution in [0.25, 0.3) is 0 Å². The van der Waals surface area contributed by atoms with Crippen LogP contribution in [-0.4, -0.2) is 18.9 Å². The summed E-state index contributed by atoms with van der Waals surface area (Å²) in [5.41, 5.74) is 1.16. The Morgan fingerprint density at radius 1 is 1.50 bits per heavy atom. The van der Waals surface area contributed by atoms with Crippen molar-refractivity contribution in [1.82, 2.24) is 4.72 Å². The van der Waals surface area contributed by atoms with Crippen LogP contribution in [-0.2, 0) is 10.0 Å². The highest BCUT2D eigenvalue weighted by molar-refractivity contribution is 7.91. The van der Waals surface area contributed by atoms with Crippen LogP contribution in [0.2, 0.25) is 0 Å². The minimum atomic E-state index is -3.82. The van der Waals surface area contributed by atoms with Gasteiger partial charge in [0, 0.05) is 11.6 Å². The van der Waals surface area contributed by atoms with Gasteiger partial charge in [-0.15, -0.1) is 0 Å². The normalized spacial score (nSPS) is 12.4. The van der Waals surface area contributed by atoms with Gasteiger partial charge in [0.1, 0.15) is 4.21 Å². The lowest BCUT2D eigenvalue weighted by Crippen LogP contribution is -2.42. The number of thiophene rings is 1. The average Bonchev–Trinajstić information content (AvgIpc) is 2.71. The van der Waals surface area contributed by atoms with Crippen LogP contribution in [0.1, 0.15) is 33.6 Å². The molecule has 0 saturated carbocycles. The Balaban J connectivity index is 3.13. The van der Waals surface area contributed by atoms with Gasteiger partial charge in [0.25, 0.3) is 10.0 Å². The van der Waals surface area contributed by atoms with Gasteiger partial charge in [0.2, 0.25) is 0 Å².